The molecular formula is C70H115NO18. The van der Waals surface area contributed by atoms with E-state index in [0.29, 0.717) is 12.8 Å². The largest absolute Gasteiger partial charge is 0.394 e. The standard InChI is InChI=1S/C70H115NO18/c1-3-5-7-9-11-13-14-15-16-17-18-19-20-21-22-23-24-25-26-27-28-29-30-31-32-33-34-35-36-37-38-40-42-44-46-48-58(76)71-53(54(75)47-45-43-41-39-12-10-8-6-4-2)52-84-68-64(82)61(79)66(56(50-73)86-68)89-70-65(83)62(80)67(57(51-74)87-70)88-69-63(81)60(78)59(77)55(49-72)85-69/h5,7,11-13,15-16,18-19,21-22,24-25,27-28,30-31,39,45,47,53-57,59-70,72-75,77-83H,3-4,6,8-10,14,17,20,23,26,29,32-38,40-44,46,48-52H2,1-2H3,(H,71,76)/b7-5-,13-11-,16-15-,19-18-,22-21-,25-24-,28-27-,31-30-,39-12+,47-45+. The molecule has 19 nitrogen and oxygen atoms in total. The maximum absolute atomic E-state index is 13.3. The van der Waals surface area contributed by atoms with Crippen molar-refractivity contribution in [3.8, 4) is 0 Å². The molecule has 0 spiro atoms. The zero-order chi connectivity index (χ0) is 64.7. The lowest BCUT2D eigenvalue weighted by molar-refractivity contribution is -0.379. The summed E-state index contributed by atoms with van der Waals surface area (Å²) in [5, 5.41) is 120. The molecule has 0 bridgehead atoms. The van der Waals surface area contributed by atoms with E-state index in [2.05, 4.69) is 129 Å². The van der Waals surface area contributed by atoms with E-state index in [9.17, 15) is 61.0 Å². The van der Waals surface area contributed by atoms with Gasteiger partial charge in [0, 0.05) is 6.42 Å². The number of allylic oxidation sites excluding steroid dienone is 19. The van der Waals surface area contributed by atoms with E-state index < -0.39 is 124 Å². The zero-order valence-electron chi connectivity index (χ0n) is 53.4. The topological polar surface area (TPSA) is 307 Å². The number of unbranched alkanes of at least 4 members (excludes halogenated alkanes) is 14. The second-order valence-electron chi connectivity index (χ2n) is 23.2. The fourth-order valence-electron chi connectivity index (χ4n) is 10.3. The first-order valence-corrected chi connectivity index (χ1v) is 33.3. The highest BCUT2D eigenvalue weighted by Crippen LogP contribution is 2.33. The van der Waals surface area contributed by atoms with Crippen LogP contribution in [0.4, 0.5) is 0 Å². The van der Waals surface area contributed by atoms with Gasteiger partial charge in [-0.15, -0.1) is 0 Å². The number of ether oxygens (including phenoxy) is 6. The van der Waals surface area contributed by atoms with E-state index in [4.69, 9.17) is 28.4 Å². The summed E-state index contributed by atoms with van der Waals surface area (Å²) in [7, 11) is 0. The number of aliphatic hydroxyl groups excluding tert-OH is 11. The number of amides is 1. The van der Waals surface area contributed by atoms with Crippen molar-refractivity contribution in [2.45, 2.75) is 285 Å². The number of carbonyl (C=O) groups is 1. The first kappa shape index (κ1) is 79.4. The molecule has 17 atom stereocenters. The van der Waals surface area contributed by atoms with Crippen molar-refractivity contribution in [1.82, 2.24) is 5.32 Å². The van der Waals surface area contributed by atoms with Gasteiger partial charge in [0.15, 0.2) is 18.9 Å². The molecule has 3 rings (SSSR count). The molecule has 3 saturated heterocycles. The van der Waals surface area contributed by atoms with Crippen LogP contribution in [0.25, 0.3) is 0 Å². The maximum atomic E-state index is 13.3. The molecule has 3 aliphatic rings. The minimum absolute atomic E-state index is 0.221. The molecule has 0 saturated carbocycles. The normalized spacial score (nSPS) is 29.0. The first-order valence-electron chi connectivity index (χ1n) is 33.3. The number of carbonyl (C=O) groups excluding carboxylic acids is 1. The van der Waals surface area contributed by atoms with Crippen molar-refractivity contribution in [2.75, 3.05) is 26.4 Å². The van der Waals surface area contributed by atoms with E-state index >= 15 is 0 Å². The molecule has 0 aromatic carbocycles. The Labute approximate surface area is 531 Å². The number of hydrogen-bond donors (Lipinski definition) is 12. The molecule has 1 amide bonds. The summed E-state index contributed by atoms with van der Waals surface area (Å²) >= 11 is 0. The third-order valence-electron chi connectivity index (χ3n) is 15.7. The Morgan fingerprint density at radius 1 is 0.416 bits per heavy atom. The minimum atomic E-state index is -1.99. The average molecular weight is 1260 g/mol. The Morgan fingerprint density at radius 2 is 0.787 bits per heavy atom. The van der Waals surface area contributed by atoms with Crippen LogP contribution in [0.2, 0.25) is 0 Å². The van der Waals surface area contributed by atoms with Gasteiger partial charge in [-0.3, -0.25) is 4.79 Å². The molecule has 3 heterocycles. The van der Waals surface area contributed by atoms with Gasteiger partial charge in [0.25, 0.3) is 0 Å². The van der Waals surface area contributed by atoms with Crippen LogP contribution in [-0.4, -0.2) is 193 Å². The lowest BCUT2D eigenvalue weighted by atomic mass is 9.96. The van der Waals surface area contributed by atoms with Crippen LogP contribution in [0, 0.1) is 0 Å². The summed E-state index contributed by atoms with van der Waals surface area (Å²) in [6.07, 6.45) is 42.2. The van der Waals surface area contributed by atoms with Crippen molar-refractivity contribution in [1.29, 1.82) is 0 Å². The molecule has 17 unspecified atom stereocenters. The van der Waals surface area contributed by atoms with Gasteiger partial charge >= 0.3 is 0 Å². The third-order valence-corrected chi connectivity index (χ3v) is 15.7. The second-order valence-corrected chi connectivity index (χ2v) is 23.2. The quantitative estimate of drug-likeness (QED) is 0.0203. The van der Waals surface area contributed by atoms with Crippen LogP contribution in [0.3, 0.4) is 0 Å². The van der Waals surface area contributed by atoms with Gasteiger partial charge in [-0.25, -0.2) is 0 Å². The summed E-state index contributed by atoms with van der Waals surface area (Å²) in [6.45, 7) is 1.49. The van der Waals surface area contributed by atoms with Crippen LogP contribution in [0.15, 0.2) is 122 Å². The predicted octanol–water partition coefficient (Wildman–Crippen LogP) is 8.04. The summed E-state index contributed by atoms with van der Waals surface area (Å²) in [4.78, 5) is 13.3. The number of aliphatic hydroxyl groups is 11. The third kappa shape index (κ3) is 33.0. The Hall–Kier alpha value is -3.81. The van der Waals surface area contributed by atoms with Crippen LogP contribution < -0.4 is 5.32 Å². The summed E-state index contributed by atoms with van der Waals surface area (Å²) < 4.78 is 34.2. The molecule has 12 N–H and O–H groups in total. The molecular weight excluding hydrogens is 1140 g/mol. The molecule has 89 heavy (non-hydrogen) atoms. The van der Waals surface area contributed by atoms with Crippen molar-refractivity contribution in [3.63, 3.8) is 0 Å². The molecule has 3 fully saturated rings. The number of hydrogen-bond acceptors (Lipinski definition) is 18. The monoisotopic (exact) mass is 1260 g/mol. The van der Waals surface area contributed by atoms with E-state index in [0.717, 1.165) is 109 Å². The van der Waals surface area contributed by atoms with Gasteiger partial charge in [-0.05, 0) is 96.3 Å². The predicted molar refractivity (Wildman–Crippen MR) is 346 cm³/mol. The minimum Gasteiger partial charge on any atom is -0.394 e. The Balaban J connectivity index is 1.35. The zero-order valence-corrected chi connectivity index (χ0v) is 53.4. The SMILES string of the molecule is CC/C=C\C/C=C\C/C=C\C/C=C\C/C=C\C/C=C\C/C=C\C/C=C\CCCCCCCCCCCCC(=O)NC(COC1OC(CO)C(OC2OC(CO)C(OC3OC(CO)C(O)C(O)C3O)C(O)C2O)C(O)C1O)C(O)/C=C/CC/C=C/CCCCC. The van der Waals surface area contributed by atoms with E-state index in [1.807, 2.05) is 6.08 Å². The molecule has 19 heteroatoms. The summed E-state index contributed by atoms with van der Waals surface area (Å²) in [5.74, 6) is -0.300. The van der Waals surface area contributed by atoms with Gasteiger partial charge in [-0.2, -0.15) is 0 Å². The molecule has 0 aromatic heterocycles. The van der Waals surface area contributed by atoms with E-state index in [1.165, 1.54) is 38.5 Å². The summed E-state index contributed by atoms with van der Waals surface area (Å²) in [6, 6.07) is -0.998. The maximum Gasteiger partial charge on any atom is 0.220 e. The molecule has 0 aromatic rings. The number of nitrogens with one attached hydrogen (secondary N) is 1. The van der Waals surface area contributed by atoms with Gasteiger partial charge in [0.1, 0.15) is 73.2 Å². The van der Waals surface area contributed by atoms with Crippen LogP contribution in [0.1, 0.15) is 181 Å². The lowest BCUT2D eigenvalue weighted by Gasteiger charge is -2.48. The Morgan fingerprint density at radius 3 is 1.26 bits per heavy atom. The second kappa shape index (κ2) is 50.7. The van der Waals surface area contributed by atoms with Crippen LogP contribution in [0.5, 0.6) is 0 Å². The van der Waals surface area contributed by atoms with Gasteiger partial charge < -0.3 is 89.9 Å². The summed E-state index contributed by atoms with van der Waals surface area (Å²) in [5.41, 5.74) is 0. The van der Waals surface area contributed by atoms with E-state index in [-0.39, 0.29) is 18.9 Å². The number of rotatable bonds is 48. The smallest absolute Gasteiger partial charge is 0.220 e. The fraction of sp³-hybridized carbons (Fsp3) is 0.700. The Bertz CT molecular complexity index is 2090. The van der Waals surface area contributed by atoms with Crippen molar-refractivity contribution >= 4 is 5.91 Å². The molecule has 0 aliphatic carbocycles. The molecule has 508 valence electrons. The molecule has 0 radical (unpaired) electrons. The first-order chi connectivity index (χ1) is 43.3. The van der Waals surface area contributed by atoms with Crippen molar-refractivity contribution in [2.24, 2.45) is 0 Å². The average Bonchev–Trinajstić information content (AvgIpc) is 1.40. The van der Waals surface area contributed by atoms with E-state index in [1.54, 1.807) is 6.08 Å². The fourth-order valence-corrected chi connectivity index (χ4v) is 10.3. The van der Waals surface area contributed by atoms with Gasteiger partial charge in [-0.1, -0.05) is 200 Å². The van der Waals surface area contributed by atoms with Crippen LogP contribution in [-0.2, 0) is 33.2 Å². The van der Waals surface area contributed by atoms with Crippen molar-refractivity contribution < 1.29 is 89.4 Å². The molecule has 3 aliphatic heterocycles. The highest BCUT2D eigenvalue weighted by molar-refractivity contribution is 5.76. The lowest BCUT2D eigenvalue weighted by Crippen LogP contribution is -2.66. The van der Waals surface area contributed by atoms with Gasteiger partial charge in [0.2, 0.25) is 5.91 Å². The van der Waals surface area contributed by atoms with Crippen LogP contribution >= 0.6 is 0 Å². The van der Waals surface area contributed by atoms with Crippen molar-refractivity contribution in [3.05, 3.63) is 122 Å². The highest BCUT2D eigenvalue weighted by atomic mass is 16.8. The Kier molecular flexibility index (Phi) is 45.3. The highest BCUT2D eigenvalue weighted by Gasteiger charge is 2.53. The van der Waals surface area contributed by atoms with Gasteiger partial charge in [0.05, 0.1) is 38.6 Å².